The number of nitrogens with two attached hydrogens (primary N) is 1. The van der Waals surface area contributed by atoms with Gasteiger partial charge in [0.15, 0.2) is 0 Å². The van der Waals surface area contributed by atoms with Gasteiger partial charge < -0.3 is 5.73 Å². The topological polar surface area (TPSA) is 43.8 Å². The highest BCUT2D eigenvalue weighted by atomic mass is 15.2. The Morgan fingerprint density at radius 2 is 2.50 bits per heavy atom. The predicted octanol–water partition coefficient (Wildman–Crippen LogP) is 0.872. The van der Waals surface area contributed by atoms with E-state index in [-0.39, 0.29) is 0 Å². The van der Waals surface area contributed by atoms with Crippen LogP contribution in [0.4, 0.5) is 0 Å². The Kier molecular flexibility index (Phi) is 1.89. The minimum atomic E-state index is 0.684. The molecule has 12 heavy (non-hydrogen) atoms. The van der Waals surface area contributed by atoms with Gasteiger partial charge in [-0.05, 0) is 36.8 Å². The Morgan fingerprint density at radius 1 is 1.67 bits per heavy atom. The summed E-state index contributed by atoms with van der Waals surface area (Å²) in [5.41, 5.74) is 7.00. The molecule has 2 rings (SSSR count). The van der Waals surface area contributed by atoms with Crippen molar-refractivity contribution in [3.05, 3.63) is 18.0 Å². The minimum Gasteiger partial charge on any atom is -0.330 e. The highest BCUT2D eigenvalue weighted by Gasteiger charge is 2.31. The first-order chi connectivity index (χ1) is 5.81. The predicted molar refractivity (Wildman–Crippen MR) is 47.7 cm³/mol. The molecule has 2 atom stereocenters. The van der Waals surface area contributed by atoms with Crippen LogP contribution in [0.1, 0.15) is 24.3 Å². The zero-order valence-electron chi connectivity index (χ0n) is 7.40. The number of aryl methyl sites for hydroxylation is 1. The maximum Gasteiger partial charge on any atom is 0.0524 e. The third kappa shape index (κ3) is 1.14. The standard InChI is InChI=1S/C9H15N3/c1-12-6-8(5-11-12)9-3-2-7(9)4-10/h5-7,9H,2-4,10H2,1H3. The molecule has 1 saturated carbocycles. The van der Waals surface area contributed by atoms with E-state index >= 15 is 0 Å². The SMILES string of the molecule is Cn1cc(C2CCC2CN)cn1. The quantitative estimate of drug-likeness (QED) is 0.706. The molecular formula is C9H15N3. The third-order valence-corrected chi connectivity index (χ3v) is 2.87. The molecule has 1 aromatic heterocycles. The van der Waals surface area contributed by atoms with E-state index in [1.807, 2.05) is 17.9 Å². The van der Waals surface area contributed by atoms with Crippen LogP contribution in [0.5, 0.6) is 0 Å². The van der Waals surface area contributed by atoms with E-state index in [0.717, 1.165) is 6.54 Å². The summed E-state index contributed by atoms with van der Waals surface area (Å²) in [6.07, 6.45) is 6.64. The van der Waals surface area contributed by atoms with Gasteiger partial charge in [-0.15, -0.1) is 0 Å². The van der Waals surface area contributed by atoms with E-state index in [1.165, 1.54) is 18.4 Å². The van der Waals surface area contributed by atoms with Gasteiger partial charge >= 0.3 is 0 Å². The number of hydrogen-bond acceptors (Lipinski definition) is 2. The second-order valence-corrected chi connectivity index (χ2v) is 3.63. The third-order valence-electron chi connectivity index (χ3n) is 2.87. The maximum atomic E-state index is 5.64. The first-order valence-corrected chi connectivity index (χ1v) is 4.50. The molecule has 1 aliphatic carbocycles. The molecular weight excluding hydrogens is 150 g/mol. The fraction of sp³-hybridized carbons (Fsp3) is 0.667. The lowest BCUT2D eigenvalue weighted by molar-refractivity contribution is 0.263. The van der Waals surface area contributed by atoms with Crippen LogP contribution in [-0.4, -0.2) is 16.3 Å². The van der Waals surface area contributed by atoms with Crippen LogP contribution >= 0.6 is 0 Å². The van der Waals surface area contributed by atoms with Crippen LogP contribution in [0.25, 0.3) is 0 Å². The van der Waals surface area contributed by atoms with Crippen molar-refractivity contribution in [2.24, 2.45) is 18.7 Å². The molecule has 2 unspecified atom stereocenters. The molecule has 0 amide bonds. The molecule has 0 bridgehead atoms. The fourth-order valence-corrected chi connectivity index (χ4v) is 1.92. The number of rotatable bonds is 2. The van der Waals surface area contributed by atoms with E-state index in [1.54, 1.807) is 0 Å². The molecule has 3 nitrogen and oxygen atoms in total. The summed E-state index contributed by atoms with van der Waals surface area (Å²) in [6.45, 7) is 0.819. The van der Waals surface area contributed by atoms with Crippen LogP contribution in [0.2, 0.25) is 0 Å². The molecule has 0 radical (unpaired) electrons. The largest absolute Gasteiger partial charge is 0.330 e. The van der Waals surface area contributed by atoms with Gasteiger partial charge in [0, 0.05) is 13.2 Å². The number of aromatic nitrogens is 2. The summed E-state index contributed by atoms with van der Waals surface area (Å²) in [6, 6.07) is 0. The Morgan fingerprint density at radius 3 is 2.92 bits per heavy atom. The maximum absolute atomic E-state index is 5.64. The summed E-state index contributed by atoms with van der Waals surface area (Å²) < 4.78 is 1.86. The molecule has 0 aromatic carbocycles. The summed E-state index contributed by atoms with van der Waals surface area (Å²) in [5.74, 6) is 1.39. The highest BCUT2D eigenvalue weighted by Crippen LogP contribution is 2.41. The van der Waals surface area contributed by atoms with Gasteiger partial charge in [0.2, 0.25) is 0 Å². The van der Waals surface area contributed by atoms with E-state index in [9.17, 15) is 0 Å². The normalized spacial score (nSPS) is 28.5. The summed E-state index contributed by atoms with van der Waals surface area (Å²) in [7, 11) is 1.96. The average molecular weight is 165 g/mol. The van der Waals surface area contributed by atoms with Gasteiger partial charge in [0.25, 0.3) is 0 Å². The van der Waals surface area contributed by atoms with Crippen molar-refractivity contribution in [3.63, 3.8) is 0 Å². The Labute approximate surface area is 72.6 Å². The van der Waals surface area contributed by atoms with Crippen molar-refractivity contribution in [1.29, 1.82) is 0 Å². The molecule has 0 aliphatic heterocycles. The Balaban J connectivity index is 2.10. The van der Waals surface area contributed by atoms with Crippen molar-refractivity contribution in [2.45, 2.75) is 18.8 Å². The Bertz CT molecular complexity index is 264. The lowest BCUT2D eigenvalue weighted by Gasteiger charge is -2.35. The fourth-order valence-electron chi connectivity index (χ4n) is 1.92. The molecule has 1 aromatic rings. The monoisotopic (exact) mass is 165 g/mol. The summed E-state index contributed by atoms with van der Waals surface area (Å²) in [5, 5.41) is 4.16. The van der Waals surface area contributed by atoms with Gasteiger partial charge in [-0.3, -0.25) is 4.68 Å². The first kappa shape index (κ1) is 7.80. The van der Waals surface area contributed by atoms with E-state index in [2.05, 4.69) is 11.3 Å². The van der Waals surface area contributed by atoms with Gasteiger partial charge in [-0.2, -0.15) is 5.10 Å². The molecule has 3 heteroatoms. The molecule has 1 aliphatic rings. The van der Waals surface area contributed by atoms with E-state index < -0.39 is 0 Å². The molecule has 66 valence electrons. The lowest BCUT2D eigenvalue weighted by Crippen LogP contribution is -2.30. The van der Waals surface area contributed by atoms with Crippen molar-refractivity contribution in [1.82, 2.24) is 9.78 Å². The van der Waals surface area contributed by atoms with Gasteiger partial charge in [0.05, 0.1) is 6.20 Å². The van der Waals surface area contributed by atoms with Crippen LogP contribution in [0, 0.1) is 5.92 Å². The van der Waals surface area contributed by atoms with Crippen molar-refractivity contribution in [2.75, 3.05) is 6.54 Å². The summed E-state index contributed by atoms with van der Waals surface area (Å²) in [4.78, 5) is 0. The molecule has 0 spiro atoms. The van der Waals surface area contributed by atoms with Crippen LogP contribution in [0.15, 0.2) is 12.4 Å². The number of hydrogen-bond donors (Lipinski definition) is 1. The number of nitrogens with zero attached hydrogens (tertiary/aromatic N) is 2. The van der Waals surface area contributed by atoms with Crippen molar-refractivity contribution < 1.29 is 0 Å². The molecule has 1 fully saturated rings. The smallest absolute Gasteiger partial charge is 0.0524 e. The van der Waals surface area contributed by atoms with E-state index in [4.69, 9.17) is 5.73 Å². The van der Waals surface area contributed by atoms with Crippen LogP contribution in [-0.2, 0) is 7.05 Å². The van der Waals surface area contributed by atoms with E-state index in [0.29, 0.717) is 11.8 Å². The molecule has 1 heterocycles. The van der Waals surface area contributed by atoms with Gasteiger partial charge in [-0.25, -0.2) is 0 Å². The zero-order valence-corrected chi connectivity index (χ0v) is 7.40. The molecule has 0 saturated heterocycles. The second-order valence-electron chi connectivity index (χ2n) is 3.63. The average Bonchev–Trinajstić information content (AvgIpc) is 2.35. The second kappa shape index (κ2) is 2.90. The van der Waals surface area contributed by atoms with Crippen LogP contribution < -0.4 is 5.73 Å². The lowest BCUT2D eigenvalue weighted by atomic mass is 9.71. The van der Waals surface area contributed by atoms with Crippen molar-refractivity contribution in [3.8, 4) is 0 Å². The van der Waals surface area contributed by atoms with Crippen LogP contribution in [0.3, 0.4) is 0 Å². The zero-order chi connectivity index (χ0) is 8.55. The minimum absolute atomic E-state index is 0.684. The summed E-state index contributed by atoms with van der Waals surface area (Å²) >= 11 is 0. The first-order valence-electron chi connectivity index (χ1n) is 4.50. The Hall–Kier alpha value is -0.830. The van der Waals surface area contributed by atoms with Gasteiger partial charge in [0.1, 0.15) is 0 Å². The van der Waals surface area contributed by atoms with Crippen molar-refractivity contribution >= 4 is 0 Å². The highest BCUT2D eigenvalue weighted by molar-refractivity contribution is 5.16. The molecule has 2 N–H and O–H groups in total. The van der Waals surface area contributed by atoms with Gasteiger partial charge in [-0.1, -0.05) is 0 Å².